The topological polar surface area (TPSA) is 60.7 Å². The van der Waals surface area contributed by atoms with Crippen molar-refractivity contribution in [1.82, 2.24) is 0 Å². The Balaban J connectivity index is 1.59. The second kappa shape index (κ2) is 9.19. The molecule has 2 saturated carbocycles. The van der Waals surface area contributed by atoms with Crippen LogP contribution in [0.4, 0.5) is 0 Å². The molecule has 0 aromatic rings. The molecular formula is C29H48O3. The number of allylic oxidation sites excluding steroid dienone is 3. The first kappa shape index (κ1) is 24.5. The van der Waals surface area contributed by atoms with Crippen LogP contribution < -0.4 is 0 Å². The summed E-state index contributed by atoms with van der Waals surface area (Å²) in [6, 6.07) is 0. The highest BCUT2D eigenvalue weighted by Crippen LogP contribution is 2.66. The SMILES string of the molecule is C/C=C(\CC[C@@H](C)[C@H]1CCC2C3=C(C[C@@H](O)[C@@]21C)[C@@]1(CO)CC[C@H](O)CC1CC3)C(C)C. The summed E-state index contributed by atoms with van der Waals surface area (Å²) < 4.78 is 0. The first-order valence-electron chi connectivity index (χ1n) is 13.5. The van der Waals surface area contributed by atoms with Gasteiger partial charge >= 0.3 is 0 Å². The molecule has 3 heteroatoms. The van der Waals surface area contributed by atoms with Crippen LogP contribution in [0.15, 0.2) is 22.8 Å². The molecule has 0 aliphatic heterocycles. The standard InChI is InChI=1S/C29H48O3/c1-6-20(18(2)3)8-7-19(4)24-11-12-25-23-10-9-21-15-22(31)13-14-29(21,17-30)26(23)16-27(32)28(24,25)5/h6,18-19,21-22,24-25,27,30-32H,7-17H2,1-5H3/b20-6+/t19-,21?,22+,24-,25?,27-,28-,29-/m1/s1. The average Bonchev–Trinajstić information content (AvgIpc) is 3.13. The molecular weight excluding hydrogens is 396 g/mol. The molecule has 0 heterocycles. The third-order valence-electron chi connectivity index (χ3n) is 10.8. The van der Waals surface area contributed by atoms with Gasteiger partial charge in [0.2, 0.25) is 0 Å². The molecule has 4 rings (SSSR count). The molecule has 3 N–H and O–H groups in total. The van der Waals surface area contributed by atoms with Crippen molar-refractivity contribution in [2.24, 2.45) is 40.4 Å². The normalized spacial score (nSPS) is 43.2. The predicted molar refractivity (Wildman–Crippen MR) is 131 cm³/mol. The van der Waals surface area contributed by atoms with Crippen LogP contribution in [-0.4, -0.2) is 34.1 Å². The third-order valence-corrected chi connectivity index (χ3v) is 10.8. The fourth-order valence-electron chi connectivity index (χ4n) is 8.84. The highest BCUT2D eigenvalue weighted by Gasteiger charge is 2.60. The molecule has 0 aromatic carbocycles. The van der Waals surface area contributed by atoms with Crippen molar-refractivity contribution in [3.63, 3.8) is 0 Å². The Morgan fingerprint density at radius 2 is 1.88 bits per heavy atom. The summed E-state index contributed by atoms with van der Waals surface area (Å²) in [6.45, 7) is 11.8. The van der Waals surface area contributed by atoms with E-state index in [4.69, 9.17) is 0 Å². The van der Waals surface area contributed by atoms with E-state index in [-0.39, 0.29) is 29.6 Å². The summed E-state index contributed by atoms with van der Waals surface area (Å²) >= 11 is 0. The van der Waals surface area contributed by atoms with Gasteiger partial charge in [0.15, 0.2) is 0 Å². The maximum absolute atomic E-state index is 11.7. The second-order valence-electron chi connectivity index (χ2n) is 12.3. The fourth-order valence-corrected chi connectivity index (χ4v) is 8.84. The van der Waals surface area contributed by atoms with Gasteiger partial charge in [-0.3, -0.25) is 0 Å². The van der Waals surface area contributed by atoms with Crippen molar-refractivity contribution in [2.75, 3.05) is 6.61 Å². The highest BCUT2D eigenvalue weighted by atomic mass is 16.3. The van der Waals surface area contributed by atoms with E-state index in [9.17, 15) is 15.3 Å². The van der Waals surface area contributed by atoms with Gasteiger partial charge in [0.05, 0.1) is 18.8 Å². The van der Waals surface area contributed by atoms with E-state index in [2.05, 4.69) is 40.7 Å². The second-order valence-corrected chi connectivity index (χ2v) is 12.3. The van der Waals surface area contributed by atoms with Crippen LogP contribution in [0.5, 0.6) is 0 Å². The summed E-state index contributed by atoms with van der Waals surface area (Å²) in [5.41, 5.74) is 4.35. The Hall–Kier alpha value is -0.640. The third kappa shape index (κ3) is 3.75. The molecule has 0 amide bonds. The number of hydrogen-bond donors (Lipinski definition) is 3. The van der Waals surface area contributed by atoms with Crippen LogP contribution in [0.2, 0.25) is 0 Å². The monoisotopic (exact) mass is 444 g/mol. The Labute approximate surface area is 196 Å². The summed E-state index contributed by atoms with van der Waals surface area (Å²) in [7, 11) is 0. The van der Waals surface area contributed by atoms with Crippen LogP contribution in [0.3, 0.4) is 0 Å². The minimum Gasteiger partial charge on any atom is -0.395 e. The Kier molecular flexibility index (Phi) is 7.03. The van der Waals surface area contributed by atoms with E-state index >= 15 is 0 Å². The van der Waals surface area contributed by atoms with Gasteiger partial charge in [-0.15, -0.1) is 0 Å². The first-order chi connectivity index (χ1) is 15.2. The molecule has 8 atom stereocenters. The van der Waals surface area contributed by atoms with Gasteiger partial charge in [-0.25, -0.2) is 0 Å². The lowest BCUT2D eigenvalue weighted by molar-refractivity contribution is -0.0663. The minimum atomic E-state index is -0.318. The fraction of sp³-hybridized carbons (Fsp3) is 0.862. The molecule has 4 aliphatic carbocycles. The predicted octanol–water partition coefficient (Wildman–Crippen LogP) is 6.03. The molecule has 0 aromatic heterocycles. The number of rotatable bonds is 6. The lowest BCUT2D eigenvalue weighted by Gasteiger charge is -2.57. The summed E-state index contributed by atoms with van der Waals surface area (Å²) in [5, 5.41) is 32.6. The average molecular weight is 445 g/mol. The van der Waals surface area contributed by atoms with Crippen LogP contribution in [-0.2, 0) is 0 Å². The summed E-state index contributed by atoms with van der Waals surface area (Å²) in [6.07, 6.45) is 12.0. The van der Waals surface area contributed by atoms with Crippen molar-refractivity contribution < 1.29 is 15.3 Å². The van der Waals surface area contributed by atoms with Crippen LogP contribution in [0.25, 0.3) is 0 Å². The molecule has 3 nitrogen and oxygen atoms in total. The Morgan fingerprint density at radius 3 is 2.53 bits per heavy atom. The molecule has 2 fully saturated rings. The van der Waals surface area contributed by atoms with E-state index < -0.39 is 0 Å². The molecule has 182 valence electrons. The quantitative estimate of drug-likeness (QED) is 0.438. The first-order valence-corrected chi connectivity index (χ1v) is 13.5. The van der Waals surface area contributed by atoms with Crippen molar-refractivity contribution >= 4 is 0 Å². The van der Waals surface area contributed by atoms with Gasteiger partial charge in [0, 0.05) is 10.8 Å². The summed E-state index contributed by atoms with van der Waals surface area (Å²) in [4.78, 5) is 0. The highest BCUT2D eigenvalue weighted by molar-refractivity contribution is 5.36. The van der Waals surface area contributed by atoms with E-state index in [0.29, 0.717) is 29.6 Å². The lowest BCUT2D eigenvalue weighted by Crippen LogP contribution is -2.53. The minimum absolute atomic E-state index is 0.0379. The van der Waals surface area contributed by atoms with Gasteiger partial charge in [0.25, 0.3) is 0 Å². The van der Waals surface area contributed by atoms with Gasteiger partial charge < -0.3 is 15.3 Å². The molecule has 32 heavy (non-hydrogen) atoms. The number of hydrogen-bond acceptors (Lipinski definition) is 3. The van der Waals surface area contributed by atoms with Crippen LogP contribution >= 0.6 is 0 Å². The van der Waals surface area contributed by atoms with Gasteiger partial charge in [-0.05, 0) is 101 Å². The maximum Gasteiger partial charge on any atom is 0.0639 e. The largest absolute Gasteiger partial charge is 0.395 e. The zero-order valence-electron chi connectivity index (χ0n) is 21.2. The van der Waals surface area contributed by atoms with E-state index in [0.717, 1.165) is 38.5 Å². The molecule has 0 saturated heterocycles. The zero-order chi connectivity index (χ0) is 23.3. The molecule has 2 unspecified atom stereocenters. The van der Waals surface area contributed by atoms with Crippen LogP contribution in [0.1, 0.15) is 98.8 Å². The number of aliphatic hydroxyl groups is 3. The lowest BCUT2D eigenvalue weighted by atomic mass is 9.49. The molecule has 0 radical (unpaired) electrons. The zero-order valence-corrected chi connectivity index (χ0v) is 21.2. The van der Waals surface area contributed by atoms with Crippen molar-refractivity contribution in [1.29, 1.82) is 0 Å². The Bertz CT molecular complexity index is 752. The van der Waals surface area contributed by atoms with Gasteiger partial charge in [0.1, 0.15) is 0 Å². The van der Waals surface area contributed by atoms with E-state index in [1.165, 1.54) is 31.3 Å². The van der Waals surface area contributed by atoms with Crippen molar-refractivity contribution in [3.05, 3.63) is 22.8 Å². The van der Waals surface area contributed by atoms with E-state index in [1.54, 1.807) is 11.1 Å². The summed E-state index contributed by atoms with van der Waals surface area (Å²) in [5.74, 6) is 2.64. The number of fused-ring (bicyclic) bond motifs is 4. The maximum atomic E-state index is 11.7. The van der Waals surface area contributed by atoms with E-state index in [1.807, 2.05) is 0 Å². The number of aliphatic hydroxyl groups excluding tert-OH is 3. The van der Waals surface area contributed by atoms with Gasteiger partial charge in [-0.2, -0.15) is 0 Å². The Morgan fingerprint density at radius 1 is 1.12 bits per heavy atom. The molecule has 0 spiro atoms. The van der Waals surface area contributed by atoms with Gasteiger partial charge in [-0.1, -0.05) is 50.5 Å². The molecule has 4 aliphatic rings. The van der Waals surface area contributed by atoms with Crippen LogP contribution in [0, 0.1) is 40.4 Å². The smallest absolute Gasteiger partial charge is 0.0639 e. The van der Waals surface area contributed by atoms with Crippen molar-refractivity contribution in [3.8, 4) is 0 Å². The molecule has 0 bridgehead atoms. The van der Waals surface area contributed by atoms with Crippen molar-refractivity contribution in [2.45, 2.75) is 111 Å².